The van der Waals surface area contributed by atoms with Crippen LogP contribution in [0.1, 0.15) is 73.6 Å². The van der Waals surface area contributed by atoms with E-state index in [1.54, 1.807) is 0 Å². The summed E-state index contributed by atoms with van der Waals surface area (Å²) in [7, 11) is 1.38. The first-order valence-electron chi connectivity index (χ1n) is 15.9. The minimum absolute atomic E-state index is 0.0215. The fraction of sp³-hybridized carbons (Fsp3) is 0.472. The van der Waals surface area contributed by atoms with Crippen molar-refractivity contribution in [3.05, 3.63) is 82.6 Å². The number of aliphatic carboxylic acids is 1. The van der Waals surface area contributed by atoms with Crippen LogP contribution in [0.3, 0.4) is 0 Å². The smallest absolute Gasteiger partial charge is 0.335 e. The largest absolute Gasteiger partial charge is 0.479 e. The van der Waals surface area contributed by atoms with Crippen molar-refractivity contribution in [3.63, 3.8) is 0 Å². The van der Waals surface area contributed by atoms with Gasteiger partial charge in [-0.3, -0.25) is 0 Å². The van der Waals surface area contributed by atoms with Gasteiger partial charge in [0, 0.05) is 35.5 Å². The van der Waals surface area contributed by atoms with Crippen molar-refractivity contribution >= 4 is 28.6 Å². The van der Waals surface area contributed by atoms with Crippen LogP contribution in [0.25, 0.3) is 22.9 Å². The Hall–Kier alpha value is -3.06. The summed E-state index contributed by atoms with van der Waals surface area (Å²) in [5, 5.41) is 9.07. The van der Waals surface area contributed by atoms with E-state index in [4.69, 9.17) is 28.2 Å². The van der Waals surface area contributed by atoms with Gasteiger partial charge in [0.15, 0.2) is 6.10 Å². The van der Waals surface area contributed by atoms with Gasteiger partial charge in [0.25, 0.3) is 0 Å². The van der Waals surface area contributed by atoms with Crippen LogP contribution in [-0.2, 0) is 42.9 Å². The first-order chi connectivity index (χ1) is 22.2. The molecule has 248 valence electrons. The number of methoxy groups -OCH3 is 1. The summed E-state index contributed by atoms with van der Waals surface area (Å²) in [5.74, 6) is 2.20. The van der Waals surface area contributed by atoms with Crippen LogP contribution >= 0.6 is 22.6 Å². The van der Waals surface area contributed by atoms with Crippen molar-refractivity contribution in [3.8, 4) is 22.9 Å². The Morgan fingerprint density at radius 3 is 1.83 bits per heavy atom. The van der Waals surface area contributed by atoms with Crippen LogP contribution in [0, 0.1) is 13.8 Å². The molecule has 1 unspecified atom stereocenters. The molecule has 0 saturated heterocycles. The van der Waals surface area contributed by atoms with Gasteiger partial charge in [-0.2, -0.15) is 0 Å². The van der Waals surface area contributed by atoms with E-state index in [1.165, 1.54) is 18.2 Å². The second-order valence-electron chi connectivity index (χ2n) is 11.5. The van der Waals surface area contributed by atoms with Gasteiger partial charge in [0.05, 0.1) is 31.1 Å². The molecule has 2 aromatic heterocycles. The maximum Gasteiger partial charge on any atom is 0.335 e. The van der Waals surface area contributed by atoms with Crippen LogP contribution < -0.4 is 0 Å². The number of carboxylic acid groups (broad SMARTS) is 1. The van der Waals surface area contributed by atoms with Crippen molar-refractivity contribution in [2.75, 3.05) is 13.7 Å². The molecular weight excluding hydrogens is 699 g/mol. The molecule has 0 radical (unpaired) electrons. The third-order valence-corrected chi connectivity index (χ3v) is 8.72. The number of hydrogen-bond donors (Lipinski definition) is 1. The summed E-state index contributed by atoms with van der Waals surface area (Å²) in [6.45, 7) is 8.71. The Balaban J connectivity index is 0.000000252. The maximum absolute atomic E-state index is 11.1. The number of benzene rings is 2. The molecule has 1 saturated carbocycles. The minimum Gasteiger partial charge on any atom is -0.479 e. The number of carboxylic acids is 1. The number of carbonyl (C=O) groups is 1. The molecule has 2 heterocycles. The third kappa shape index (κ3) is 9.97. The highest BCUT2D eigenvalue weighted by atomic mass is 127. The van der Waals surface area contributed by atoms with Gasteiger partial charge >= 0.3 is 5.97 Å². The molecule has 1 aliphatic rings. The molecule has 2 aromatic carbocycles. The second-order valence-corrected chi connectivity index (χ2v) is 12.2. The summed E-state index contributed by atoms with van der Waals surface area (Å²) < 4.78 is 29.5. The quantitative estimate of drug-likeness (QED) is 0.107. The number of rotatable bonds is 13. The molecule has 0 aliphatic heterocycles. The molecule has 0 amide bonds. The number of alkyl halides is 1. The van der Waals surface area contributed by atoms with Crippen molar-refractivity contribution in [1.29, 1.82) is 0 Å². The van der Waals surface area contributed by atoms with E-state index in [2.05, 4.69) is 70.7 Å². The van der Waals surface area contributed by atoms with Gasteiger partial charge in [-0.15, -0.1) is 0 Å². The molecular formula is C36H45IN2O7. The number of hydrogen-bond acceptors (Lipinski definition) is 8. The predicted molar refractivity (Wildman–Crippen MR) is 185 cm³/mol. The molecule has 9 nitrogen and oxygen atoms in total. The lowest BCUT2D eigenvalue weighted by molar-refractivity contribution is -0.155. The zero-order valence-electron chi connectivity index (χ0n) is 27.4. The van der Waals surface area contributed by atoms with Gasteiger partial charge in [-0.1, -0.05) is 71.8 Å². The average molecular weight is 745 g/mol. The SMILES string of the molecule is CCc1oc(-c2ccc(C)cc2)nc1CI.CCc1oc(-c2ccc(C)cc2)nc1CO[C@H]1CCC[C@@H](OCC(OC)C(=O)O)C1. The number of halogens is 1. The van der Waals surface area contributed by atoms with Crippen LogP contribution in [0.2, 0.25) is 0 Å². The lowest BCUT2D eigenvalue weighted by atomic mass is 9.95. The first kappa shape index (κ1) is 35.8. The number of oxazole rings is 2. The summed E-state index contributed by atoms with van der Waals surface area (Å²) in [5.41, 5.74) is 6.36. The minimum atomic E-state index is -1.01. The Labute approximate surface area is 285 Å². The predicted octanol–water partition coefficient (Wildman–Crippen LogP) is 8.30. The van der Waals surface area contributed by atoms with Gasteiger partial charge in [0.2, 0.25) is 11.8 Å². The van der Waals surface area contributed by atoms with Crippen LogP contribution in [0.15, 0.2) is 57.4 Å². The van der Waals surface area contributed by atoms with Gasteiger partial charge in [-0.05, 0) is 63.8 Å². The molecule has 5 rings (SSSR count). The van der Waals surface area contributed by atoms with E-state index >= 15 is 0 Å². The fourth-order valence-corrected chi connectivity index (χ4v) is 5.84. The second kappa shape index (κ2) is 17.7. The number of ether oxygens (including phenoxy) is 3. The highest BCUT2D eigenvalue weighted by Gasteiger charge is 2.26. The Kier molecular flexibility index (Phi) is 13.8. The van der Waals surface area contributed by atoms with E-state index < -0.39 is 12.1 Å². The molecule has 1 aliphatic carbocycles. The zero-order valence-corrected chi connectivity index (χ0v) is 29.5. The molecule has 1 fully saturated rings. The van der Waals surface area contributed by atoms with Crippen LogP contribution in [-0.4, -0.2) is 53.1 Å². The highest BCUT2D eigenvalue weighted by Crippen LogP contribution is 2.28. The molecule has 46 heavy (non-hydrogen) atoms. The number of nitrogens with zero attached hydrogens (tertiary/aromatic N) is 2. The van der Waals surface area contributed by atoms with Gasteiger partial charge < -0.3 is 28.2 Å². The Morgan fingerprint density at radius 1 is 0.870 bits per heavy atom. The van der Waals surface area contributed by atoms with Crippen LogP contribution in [0.5, 0.6) is 0 Å². The summed E-state index contributed by atoms with van der Waals surface area (Å²) in [6.07, 6.45) is 4.32. The van der Waals surface area contributed by atoms with Crippen molar-refractivity contribution in [1.82, 2.24) is 9.97 Å². The zero-order chi connectivity index (χ0) is 33.1. The Bertz CT molecular complexity index is 1490. The van der Waals surface area contributed by atoms with E-state index in [9.17, 15) is 4.79 Å². The maximum atomic E-state index is 11.1. The lowest BCUT2D eigenvalue weighted by Crippen LogP contribution is -2.34. The monoisotopic (exact) mass is 744 g/mol. The van der Waals surface area contributed by atoms with E-state index in [0.717, 1.165) is 82.9 Å². The Morgan fingerprint density at radius 2 is 1.37 bits per heavy atom. The molecule has 10 heteroatoms. The molecule has 3 atom stereocenters. The average Bonchev–Trinajstić information content (AvgIpc) is 3.69. The van der Waals surface area contributed by atoms with Crippen molar-refractivity contribution < 1.29 is 32.9 Å². The van der Waals surface area contributed by atoms with Crippen molar-refractivity contribution in [2.45, 2.75) is 95.6 Å². The first-order valence-corrected chi connectivity index (χ1v) is 17.4. The molecule has 0 bridgehead atoms. The summed E-state index contributed by atoms with van der Waals surface area (Å²) in [6, 6.07) is 16.4. The van der Waals surface area contributed by atoms with E-state index in [1.807, 2.05) is 38.1 Å². The van der Waals surface area contributed by atoms with E-state index in [-0.39, 0.29) is 18.8 Å². The lowest BCUT2D eigenvalue weighted by Gasteiger charge is -2.29. The standard InChI is InChI=1S/C23H31NO6.C13H14INO/c1-4-20-19(24-22(30-20)16-10-8-15(2)9-11-16)13-28-17-6-5-7-18(12-17)29-14-21(27-3)23(25)26;1-3-12-11(8-14)15-13(16-12)10-6-4-9(2)5-7-10/h8-11,17-18,21H,4-7,12-14H2,1-3H3,(H,25,26);4-7H,3,8H2,1-2H3/t17-,18+,21?;/m0./s1. The molecule has 0 spiro atoms. The fourth-order valence-electron chi connectivity index (χ4n) is 5.24. The highest BCUT2D eigenvalue weighted by molar-refractivity contribution is 14.1. The third-order valence-electron chi connectivity index (χ3n) is 8.00. The number of aromatic nitrogens is 2. The molecule has 4 aromatic rings. The van der Waals surface area contributed by atoms with Gasteiger partial charge in [0.1, 0.15) is 17.2 Å². The van der Waals surface area contributed by atoms with Gasteiger partial charge in [-0.25, -0.2) is 14.8 Å². The van der Waals surface area contributed by atoms with E-state index in [0.29, 0.717) is 12.5 Å². The topological polar surface area (TPSA) is 117 Å². The van der Waals surface area contributed by atoms with Crippen LogP contribution in [0.4, 0.5) is 0 Å². The summed E-state index contributed by atoms with van der Waals surface area (Å²) >= 11 is 2.32. The summed E-state index contributed by atoms with van der Waals surface area (Å²) in [4.78, 5) is 20.3. The molecule has 1 N–H and O–H groups in total. The van der Waals surface area contributed by atoms with Crippen molar-refractivity contribution in [2.24, 2.45) is 0 Å². The normalized spacial score (nSPS) is 16.9. The number of aryl methyl sites for hydroxylation is 4.